The second-order valence-electron chi connectivity index (χ2n) is 6.71. The maximum absolute atomic E-state index is 12.0. The van der Waals surface area contributed by atoms with Crippen molar-refractivity contribution in [2.45, 2.75) is 13.5 Å². The molecule has 3 rings (SSSR count). The number of rotatable bonds is 8. The highest BCUT2D eigenvalue weighted by Crippen LogP contribution is 2.29. The number of benzene rings is 3. The zero-order chi connectivity index (χ0) is 23.6. The van der Waals surface area contributed by atoms with Crippen LogP contribution in [-0.4, -0.2) is 24.6 Å². The van der Waals surface area contributed by atoms with Crippen LogP contribution >= 0.6 is 23.2 Å². The molecule has 170 valence electrons. The number of hydrogen-bond acceptors (Lipinski definition) is 5. The second-order valence-corrected chi connectivity index (χ2v) is 7.59. The number of anilines is 1. The Kier molecular flexibility index (Phi) is 8.69. The van der Waals surface area contributed by atoms with Crippen molar-refractivity contribution in [1.82, 2.24) is 5.43 Å². The Bertz CT molecular complexity index is 1130. The predicted octanol–water partition coefficient (Wildman–Crippen LogP) is 5.06. The van der Waals surface area contributed by atoms with E-state index >= 15 is 0 Å². The van der Waals surface area contributed by atoms with E-state index in [2.05, 4.69) is 15.8 Å². The summed E-state index contributed by atoms with van der Waals surface area (Å²) < 4.78 is 11.5. The van der Waals surface area contributed by atoms with Crippen LogP contribution < -0.4 is 20.2 Å². The summed E-state index contributed by atoms with van der Waals surface area (Å²) in [4.78, 5) is 23.9. The summed E-state index contributed by atoms with van der Waals surface area (Å²) >= 11 is 11.7. The molecular weight excluding hydrogens is 465 g/mol. The summed E-state index contributed by atoms with van der Waals surface area (Å²) in [7, 11) is 0. The highest BCUT2D eigenvalue weighted by molar-refractivity contribution is 6.39. The molecule has 0 spiro atoms. The molecule has 33 heavy (non-hydrogen) atoms. The Labute approximate surface area is 201 Å². The molecule has 3 aromatic rings. The monoisotopic (exact) mass is 485 g/mol. The summed E-state index contributed by atoms with van der Waals surface area (Å²) in [6, 6.07) is 19.0. The molecule has 0 aliphatic heterocycles. The van der Waals surface area contributed by atoms with Gasteiger partial charge in [-0.25, -0.2) is 5.43 Å². The van der Waals surface area contributed by atoms with Crippen molar-refractivity contribution in [3.8, 4) is 11.5 Å². The van der Waals surface area contributed by atoms with E-state index in [1.807, 2.05) is 19.1 Å². The molecular formula is C24H21Cl2N3O4. The topological polar surface area (TPSA) is 89.0 Å². The van der Waals surface area contributed by atoms with Gasteiger partial charge in [0.1, 0.15) is 6.61 Å². The molecule has 0 heterocycles. The SMILES string of the molecule is CCOc1cc(/C=N\NC(=O)C(=O)Nc2ccc(Cl)cc2)ccc1OCc1ccc(Cl)cc1. The van der Waals surface area contributed by atoms with Gasteiger partial charge >= 0.3 is 11.8 Å². The first-order valence-electron chi connectivity index (χ1n) is 9.98. The van der Waals surface area contributed by atoms with Gasteiger partial charge in [0.15, 0.2) is 11.5 Å². The molecule has 7 nitrogen and oxygen atoms in total. The Morgan fingerprint density at radius 3 is 2.21 bits per heavy atom. The predicted molar refractivity (Wildman–Crippen MR) is 129 cm³/mol. The van der Waals surface area contributed by atoms with Crippen molar-refractivity contribution in [2.75, 3.05) is 11.9 Å². The third-order valence-corrected chi connectivity index (χ3v) is 4.77. The highest BCUT2D eigenvalue weighted by Gasteiger charge is 2.13. The van der Waals surface area contributed by atoms with Crippen molar-refractivity contribution < 1.29 is 19.1 Å². The maximum Gasteiger partial charge on any atom is 0.329 e. The minimum Gasteiger partial charge on any atom is -0.490 e. The average Bonchev–Trinajstić information content (AvgIpc) is 2.81. The lowest BCUT2D eigenvalue weighted by Gasteiger charge is -2.12. The van der Waals surface area contributed by atoms with Crippen LogP contribution in [0.1, 0.15) is 18.1 Å². The zero-order valence-corrected chi connectivity index (χ0v) is 19.2. The Hall–Kier alpha value is -3.55. The molecule has 0 atom stereocenters. The van der Waals surface area contributed by atoms with Gasteiger partial charge in [-0.15, -0.1) is 0 Å². The van der Waals surface area contributed by atoms with Gasteiger partial charge in [0.05, 0.1) is 12.8 Å². The Morgan fingerprint density at radius 1 is 0.879 bits per heavy atom. The van der Waals surface area contributed by atoms with E-state index in [4.69, 9.17) is 32.7 Å². The molecule has 0 aliphatic carbocycles. The maximum atomic E-state index is 12.0. The average molecular weight is 486 g/mol. The first-order valence-corrected chi connectivity index (χ1v) is 10.7. The first kappa shape index (κ1) is 24.1. The van der Waals surface area contributed by atoms with Crippen molar-refractivity contribution in [3.05, 3.63) is 87.9 Å². The number of amides is 2. The molecule has 0 radical (unpaired) electrons. The van der Waals surface area contributed by atoms with Crippen LogP contribution in [0.5, 0.6) is 11.5 Å². The molecule has 0 aliphatic rings. The van der Waals surface area contributed by atoms with Crippen LogP contribution in [0.2, 0.25) is 10.0 Å². The molecule has 0 saturated carbocycles. The Morgan fingerprint density at radius 2 is 1.55 bits per heavy atom. The number of hydrazone groups is 1. The number of nitrogens with zero attached hydrogens (tertiary/aromatic N) is 1. The van der Waals surface area contributed by atoms with Gasteiger partial charge in [-0.3, -0.25) is 9.59 Å². The van der Waals surface area contributed by atoms with Crippen LogP contribution in [0.15, 0.2) is 71.8 Å². The lowest BCUT2D eigenvalue weighted by molar-refractivity contribution is -0.136. The van der Waals surface area contributed by atoms with Crippen molar-refractivity contribution in [2.24, 2.45) is 5.10 Å². The molecule has 2 amide bonds. The van der Waals surface area contributed by atoms with Crippen molar-refractivity contribution >= 4 is 46.9 Å². The van der Waals surface area contributed by atoms with Crippen LogP contribution in [0, 0.1) is 0 Å². The van der Waals surface area contributed by atoms with Gasteiger partial charge < -0.3 is 14.8 Å². The number of hydrogen-bond donors (Lipinski definition) is 2. The van der Waals surface area contributed by atoms with Crippen molar-refractivity contribution in [1.29, 1.82) is 0 Å². The van der Waals surface area contributed by atoms with Crippen LogP contribution in [0.3, 0.4) is 0 Å². The lowest BCUT2D eigenvalue weighted by atomic mass is 10.2. The molecule has 9 heteroatoms. The van der Waals surface area contributed by atoms with E-state index in [0.717, 1.165) is 5.56 Å². The summed E-state index contributed by atoms with van der Waals surface area (Å²) in [5, 5.41) is 7.47. The van der Waals surface area contributed by atoms with Crippen LogP contribution in [0.25, 0.3) is 0 Å². The van der Waals surface area contributed by atoms with Gasteiger partial charge in [0.25, 0.3) is 0 Å². The number of halogens is 2. The molecule has 0 fully saturated rings. The molecule has 0 saturated heterocycles. The summed E-state index contributed by atoms with van der Waals surface area (Å²) in [5.74, 6) is -0.665. The fourth-order valence-corrected chi connectivity index (χ4v) is 2.92. The fraction of sp³-hybridized carbons (Fsp3) is 0.125. The second kappa shape index (κ2) is 11.9. The quantitative estimate of drug-likeness (QED) is 0.265. The number of carbonyl (C=O) groups excluding carboxylic acids is 2. The van der Waals surface area contributed by atoms with Crippen molar-refractivity contribution in [3.63, 3.8) is 0 Å². The van der Waals surface area contributed by atoms with Crippen LogP contribution in [0.4, 0.5) is 5.69 Å². The number of nitrogens with one attached hydrogen (secondary N) is 2. The molecule has 0 bridgehead atoms. The third kappa shape index (κ3) is 7.52. The normalized spacial score (nSPS) is 10.6. The molecule has 3 aromatic carbocycles. The summed E-state index contributed by atoms with van der Waals surface area (Å²) in [6.07, 6.45) is 1.40. The van der Waals surface area contributed by atoms with Crippen LogP contribution in [-0.2, 0) is 16.2 Å². The van der Waals surface area contributed by atoms with E-state index in [0.29, 0.717) is 46.0 Å². The smallest absolute Gasteiger partial charge is 0.329 e. The minimum absolute atomic E-state index is 0.351. The molecule has 0 aromatic heterocycles. The largest absolute Gasteiger partial charge is 0.490 e. The number of ether oxygens (including phenoxy) is 2. The number of carbonyl (C=O) groups is 2. The highest BCUT2D eigenvalue weighted by atomic mass is 35.5. The molecule has 2 N–H and O–H groups in total. The van der Waals surface area contributed by atoms with E-state index in [-0.39, 0.29) is 0 Å². The summed E-state index contributed by atoms with van der Waals surface area (Å²) in [6.45, 7) is 2.66. The zero-order valence-electron chi connectivity index (χ0n) is 17.7. The molecule has 0 unspecified atom stereocenters. The lowest BCUT2D eigenvalue weighted by Crippen LogP contribution is -2.32. The summed E-state index contributed by atoms with van der Waals surface area (Å²) in [5.41, 5.74) is 4.25. The first-order chi connectivity index (χ1) is 15.9. The third-order valence-electron chi connectivity index (χ3n) is 4.26. The van der Waals surface area contributed by atoms with E-state index in [1.165, 1.54) is 6.21 Å². The standard InChI is InChI=1S/C24H21Cl2N3O4/c1-2-32-22-13-17(5-12-21(22)33-15-16-3-6-18(25)7-4-16)14-27-29-24(31)23(30)28-20-10-8-19(26)9-11-20/h3-14H,2,15H2,1H3,(H,28,30)(H,29,31)/b27-14-. The fourth-order valence-electron chi connectivity index (χ4n) is 2.67. The minimum atomic E-state index is -0.908. The Balaban J connectivity index is 1.58. The van der Waals surface area contributed by atoms with Gasteiger partial charge in [0.2, 0.25) is 0 Å². The van der Waals surface area contributed by atoms with E-state index in [1.54, 1.807) is 54.6 Å². The van der Waals surface area contributed by atoms with Gasteiger partial charge in [0, 0.05) is 15.7 Å². The van der Waals surface area contributed by atoms with Gasteiger partial charge in [-0.2, -0.15) is 5.10 Å². The van der Waals surface area contributed by atoms with Gasteiger partial charge in [-0.05, 0) is 72.6 Å². The van der Waals surface area contributed by atoms with Gasteiger partial charge in [-0.1, -0.05) is 35.3 Å². The van der Waals surface area contributed by atoms with E-state index in [9.17, 15) is 9.59 Å². The van der Waals surface area contributed by atoms with E-state index < -0.39 is 11.8 Å².